The van der Waals surface area contributed by atoms with E-state index >= 15 is 0 Å². The first-order chi connectivity index (χ1) is 7.29. The number of piperidine rings is 1. The molecule has 0 atom stereocenters. The zero-order chi connectivity index (χ0) is 10.7. The molecule has 0 N–H and O–H groups in total. The molecule has 3 heteroatoms. The topological polar surface area (TPSA) is 39.9 Å². The van der Waals surface area contributed by atoms with Gasteiger partial charge in [0.1, 0.15) is 5.82 Å². The average molecular weight is 201 g/mol. The Hall–Kier alpha value is -1.56. The number of aryl methyl sites for hydroxylation is 1. The molecular formula is C12H15N3. The number of aromatic nitrogens is 1. The second-order valence-corrected chi connectivity index (χ2v) is 4.08. The standard InChI is InChI=1S/C12H15N3/c1-10-2-5-14-12(8-10)15-6-3-11(9-13)4-7-15/h2,5,8,11H,3-4,6-7H2,1H3. The highest BCUT2D eigenvalue weighted by molar-refractivity contribution is 5.41. The van der Waals surface area contributed by atoms with Crippen LogP contribution in [0, 0.1) is 24.2 Å². The summed E-state index contributed by atoms with van der Waals surface area (Å²) >= 11 is 0. The molecule has 0 radical (unpaired) electrons. The molecule has 15 heavy (non-hydrogen) atoms. The molecule has 1 aliphatic heterocycles. The van der Waals surface area contributed by atoms with Crippen molar-refractivity contribution in [2.24, 2.45) is 5.92 Å². The Morgan fingerprint density at radius 3 is 2.80 bits per heavy atom. The quantitative estimate of drug-likeness (QED) is 0.698. The van der Waals surface area contributed by atoms with E-state index in [4.69, 9.17) is 5.26 Å². The van der Waals surface area contributed by atoms with Crippen molar-refractivity contribution in [1.82, 2.24) is 4.98 Å². The lowest BCUT2D eigenvalue weighted by atomic mass is 9.98. The molecule has 2 heterocycles. The van der Waals surface area contributed by atoms with Gasteiger partial charge in [-0.2, -0.15) is 5.26 Å². The number of hydrogen-bond donors (Lipinski definition) is 0. The summed E-state index contributed by atoms with van der Waals surface area (Å²) in [6.45, 7) is 3.98. The fourth-order valence-electron chi connectivity index (χ4n) is 1.93. The lowest BCUT2D eigenvalue weighted by Gasteiger charge is -2.30. The van der Waals surface area contributed by atoms with Crippen molar-refractivity contribution in [1.29, 1.82) is 5.26 Å². The van der Waals surface area contributed by atoms with E-state index in [0.29, 0.717) is 0 Å². The summed E-state index contributed by atoms with van der Waals surface area (Å²) in [5.74, 6) is 1.29. The number of anilines is 1. The van der Waals surface area contributed by atoms with Crippen molar-refractivity contribution < 1.29 is 0 Å². The maximum absolute atomic E-state index is 8.81. The molecule has 1 saturated heterocycles. The number of nitriles is 1. The van der Waals surface area contributed by atoms with Crippen LogP contribution in [0.25, 0.3) is 0 Å². The molecule has 0 spiro atoms. The number of pyridine rings is 1. The Morgan fingerprint density at radius 1 is 1.47 bits per heavy atom. The Bertz CT molecular complexity index is 373. The van der Waals surface area contributed by atoms with Crippen molar-refractivity contribution >= 4 is 5.82 Å². The van der Waals surface area contributed by atoms with Crippen LogP contribution in [0.1, 0.15) is 18.4 Å². The minimum absolute atomic E-state index is 0.242. The summed E-state index contributed by atoms with van der Waals surface area (Å²) in [7, 11) is 0. The van der Waals surface area contributed by atoms with E-state index in [1.165, 1.54) is 5.56 Å². The van der Waals surface area contributed by atoms with Gasteiger partial charge in [-0.15, -0.1) is 0 Å². The third-order valence-corrected chi connectivity index (χ3v) is 2.90. The minimum atomic E-state index is 0.242. The first-order valence-electron chi connectivity index (χ1n) is 5.37. The molecule has 0 aromatic carbocycles. The monoisotopic (exact) mass is 201 g/mol. The molecule has 78 valence electrons. The van der Waals surface area contributed by atoms with Crippen molar-refractivity contribution in [3.05, 3.63) is 23.9 Å². The molecule has 1 fully saturated rings. The van der Waals surface area contributed by atoms with Crippen LogP contribution in [0.2, 0.25) is 0 Å². The summed E-state index contributed by atoms with van der Waals surface area (Å²) in [4.78, 5) is 6.62. The van der Waals surface area contributed by atoms with Gasteiger partial charge in [0.05, 0.1) is 6.07 Å². The van der Waals surface area contributed by atoms with E-state index in [1.807, 2.05) is 12.3 Å². The van der Waals surface area contributed by atoms with Gasteiger partial charge in [-0.05, 0) is 37.5 Å². The van der Waals surface area contributed by atoms with Crippen molar-refractivity contribution in [2.45, 2.75) is 19.8 Å². The summed E-state index contributed by atoms with van der Waals surface area (Å²) < 4.78 is 0. The molecule has 2 rings (SSSR count). The minimum Gasteiger partial charge on any atom is -0.357 e. The molecule has 1 aliphatic rings. The molecule has 0 aliphatic carbocycles. The maximum atomic E-state index is 8.81. The van der Waals surface area contributed by atoms with E-state index < -0.39 is 0 Å². The predicted octanol–water partition coefficient (Wildman–Crippen LogP) is 2.13. The van der Waals surface area contributed by atoms with Crippen LogP contribution in [0.3, 0.4) is 0 Å². The summed E-state index contributed by atoms with van der Waals surface area (Å²) in [5.41, 5.74) is 1.24. The zero-order valence-corrected chi connectivity index (χ0v) is 8.98. The van der Waals surface area contributed by atoms with E-state index in [0.717, 1.165) is 31.7 Å². The lowest BCUT2D eigenvalue weighted by Crippen LogP contribution is -2.33. The van der Waals surface area contributed by atoms with E-state index in [9.17, 15) is 0 Å². The van der Waals surface area contributed by atoms with Crippen LogP contribution in [0.5, 0.6) is 0 Å². The van der Waals surface area contributed by atoms with E-state index in [-0.39, 0.29) is 5.92 Å². The summed E-state index contributed by atoms with van der Waals surface area (Å²) in [6.07, 6.45) is 3.78. The molecule has 0 bridgehead atoms. The van der Waals surface area contributed by atoms with Crippen LogP contribution < -0.4 is 4.90 Å². The Morgan fingerprint density at radius 2 is 2.20 bits per heavy atom. The lowest BCUT2D eigenvalue weighted by molar-refractivity contribution is 0.485. The van der Waals surface area contributed by atoms with Gasteiger partial charge in [0.2, 0.25) is 0 Å². The Labute approximate surface area is 90.4 Å². The first kappa shape index (κ1) is 9.97. The van der Waals surface area contributed by atoms with Crippen molar-refractivity contribution in [3.8, 4) is 6.07 Å². The highest BCUT2D eigenvalue weighted by Gasteiger charge is 2.19. The summed E-state index contributed by atoms with van der Waals surface area (Å²) in [6, 6.07) is 6.45. The van der Waals surface area contributed by atoms with Gasteiger partial charge in [0, 0.05) is 25.2 Å². The molecule has 0 unspecified atom stereocenters. The molecule has 1 aromatic rings. The fourth-order valence-corrected chi connectivity index (χ4v) is 1.93. The number of nitrogens with zero attached hydrogens (tertiary/aromatic N) is 3. The SMILES string of the molecule is Cc1ccnc(N2CCC(C#N)CC2)c1. The van der Waals surface area contributed by atoms with Gasteiger partial charge in [0.15, 0.2) is 0 Å². The molecule has 1 aromatic heterocycles. The van der Waals surface area contributed by atoms with Crippen molar-refractivity contribution in [3.63, 3.8) is 0 Å². The van der Waals surface area contributed by atoms with Gasteiger partial charge in [-0.25, -0.2) is 4.98 Å². The highest BCUT2D eigenvalue weighted by atomic mass is 15.2. The third-order valence-electron chi connectivity index (χ3n) is 2.90. The van der Waals surface area contributed by atoms with Crippen LogP contribution in [0.15, 0.2) is 18.3 Å². The Balaban J connectivity index is 2.05. The van der Waals surface area contributed by atoms with Gasteiger partial charge >= 0.3 is 0 Å². The van der Waals surface area contributed by atoms with E-state index in [1.54, 1.807) is 0 Å². The van der Waals surface area contributed by atoms with Gasteiger partial charge in [0.25, 0.3) is 0 Å². The van der Waals surface area contributed by atoms with Gasteiger partial charge in [-0.3, -0.25) is 0 Å². The van der Waals surface area contributed by atoms with Crippen molar-refractivity contribution in [2.75, 3.05) is 18.0 Å². The van der Waals surface area contributed by atoms with Crippen LogP contribution in [-0.2, 0) is 0 Å². The largest absolute Gasteiger partial charge is 0.357 e. The second-order valence-electron chi connectivity index (χ2n) is 4.08. The Kier molecular flexibility index (Phi) is 2.86. The molecule has 0 amide bonds. The predicted molar refractivity (Wildman–Crippen MR) is 59.5 cm³/mol. The van der Waals surface area contributed by atoms with Crippen LogP contribution >= 0.6 is 0 Å². The van der Waals surface area contributed by atoms with Gasteiger partial charge in [-0.1, -0.05) is 0 Å². The number of rotatable bonds is 1. The first-order valence-corrected chi connectivity index (χ1v) is 5.37. The van der Waals surface area contributed by atoms with Gasteiger partial charge < -0.3 is 4.90 Å². The van der Waals surface area contributed by atoms with Crippen LogP contribution in [0.4, 0.5) is 5.82 Å². The fraction of sp³-hybridized carbons (Fsp3) is 0.500. The normalized spacial score (nSPS) is 17.5. The second kappa shape index (κ2) is 4.31. The highest BCUT2D eigenvalue weighted by Crippen LogP contribution is 2.21. The zero-order valence-electron chi connectivity index (χ0n) is 8.98. The molecular weight excluding hydrogens is 186 g/mol. The average Bonchev–Trinajstić information content (AvgIpc) is 2.29. The summed E-state index contributed by atoms with van der Waals surface area (Å²) in [5, 5.41) is 8.81. The van der Waals surface area contributed by atoms with E-state index in [2.05, 4.69) is 28.9 Å². The molecule has 3 nitrogen and oxygen atoms in total. The number of hydrogen-bond acceptors (Lipinski definition) is 3. The van der Waals surface area contributed by atoms with Crippen LogP contribution in [-0.4, -0.2) is 18.1 Å². The maximum Gasteiger partial charge on any atom is 0.128 e. The third kappa shape index (κ3) is 2.27. The smallest absolute Gasteiger partial charge is 0.128 e. The molecule has 0 saturated carbocycles.